The quantitative estimate of drug-likeness (QED) is 0.902. The lowest BCUT2D eigenvalue weighted by molar-refractivity contribution is 0.188. The number of β-amino-alcohol motifs (C(OH)–C–C–N with tert-alkyl or cyclic N) is 1. The van der Waals surface area contributed by atoms with Crippen LogP contribution in [0.2, 0.25) is 5.02 Å². The molecule has 0 bridgehead atoms. The number of aliphatic hydroxyl groups excluding tert-OH is 1. The molecule has 112 valence electrons. The highest BCUT2D eigenvalue weighted by atomic mass is 79.9. The molecule has 0 saturated carbocycles. The first-order valence-corrected chi connectivity index (χ1v) is 8.18. The number of anilines is 1. The molecule has 1 aromatic heterocycles. The fourth-order valence-electron chi connectivity index (χ4n) is 2.67. The minimum absolute atomic E-state index is 0.221. The van der Waals surface area contributed by atoms with Crippen LogP contribution in [-0.4, -0.2) is 54.3 Å². The Bertz CT molecular complexity index is 644. The van der Waals surface area contributed by atoms with E-state index in [2.05, 4.69) is 31.8 Å². The summed E-state index contributed by atoms with van der Waals surface area (Å²) in [6.07, 6.45) is 0. The number of rotatable bonds is 3. The highest BCUT2D eigenvalue weighted by molar-refractivity contribution is 9.10. The van der Waals surface area contributed by atoms with E-state index in [-0.39, 0.29) is 6.61 Å². The third-order valence-electron chi connectivity index (χ3n) is 3.81. The number of fused-ring (bicyclic) bond motifs is 1. The molecule has 21 heavy (non-hydrogen) atoms. The molecule has 1 aromatic carbocycles. The highest BCUT2D eigenvalue weighted by Crippen LogP contribution is 2.28. The molecule has 1 N–H and O–H groups in total. The number of hydrogen-bond acceptors (Lipinski definition) is 4. The molecule has 0 atom stereocenters. The number of pyridine rings is 1. The summed E-state index contributed by atoms with van der Waals surface area (Å²) < 4.78 is 0.965. The summed E-state index contributed by atoms with van der Waals surface area (Å²) in [5.41, 5.74) is 0.843. The van der Waals surface area contributed by atoms with Crippen LogP contribution in [0.4, 0.5) is 5.82 Å². The molecule has 1 aliphatic rings. The number of hydrogen-bond donors (Lipinski definition) is 1. The van der Waals surface area contributed by atoms with Crippen LogP contribution < -0.4 is 4.90 Å². The number of halogens is 2. The number of nitrogens with zero attached hydrogens (tertiary/aromatic N) is 3. The summed E-state index contributed by atoms with van der Waals surface area (Å²) in [5.74, 6) is 0.968. The van der Waals surface area contributed by atoms with E-state index in [9.17, 15) is 0 Å². The molecule has 0 aliphatic carbocycles. The van der Waals surface area contributed by atoms with Gasteiger partial charge in [-0.25, -0.2) is 4.98 Å². The van der Waals surface area contributed by atoms with E-state index >= 15 is 0 Å². The molecule has 1 saturated heterocycles. The lowest BCUT2D eigenvalue weighted by Crippen LogP contribution is -2.47. The Labute approximate surface area is 137 Å². The van der Waals surface area contributed by atoms with Crippen LogP contribution >= 0.6 is 27.5 Å². The van der Waals surface area contributed by atoms with Crippen LogP contribution in [0.5, 0.6) is 0 Å². The second-order valence-corrected chi connectivity index (χ2v) is 6.50. The van der Waals surface area contributed by atoms with Gasteiger partial charge in [0.25, 0.3) is 0 Å². The molecule has 0 radical (unpaired) electrons. The van der Waals surface area contributed by atoms with E-state index in [0.717, 1.165) is 53.9 Å². The maximum atomic E-state index is 8.99. The van der Waals surface area contributed by atoms with Crippen molar-refractivity contribution in [3.63, 3.8) is 0 Å². The molecule has 3 rings (SSSR count). The molecule has 2 heterocycles. The molecule has 4 nitrogen and oxygen atoms in total. The first-order chi connectivity index (χ1) is 10.2. The van der Waals surface area contributed by atoms with Gasteiger partial charge in [-0.05, 0) is 24.3 Å². The van der Waals surface area contributed by atoms with Crippen LogP contribution in [0, 0.1) is 0 Å². The van der Waals surface area contributed by atoms with Crippen molar-refractivity contribution < 1.29 is 5.11 Å². The van der Waals surface area contributed by atoms with Gasteiger partial charge in [-0.15, -0.1) is 0 Å². The lowest BCUT2D eigenvalue weighted by atomic mass is 10.2. The first kappa shape index (κ1) is 15.0. The van der Waals surface area contributed by atoms with Gasteiger partial charge in [-0.2, -0.15) is 0 Å². The Kier molecular flexibility index (Phi) is 4.64. The molecular formula is C15H17BrClN3O. The minimum atomic E-state index is 0.221. The Balaban J connectivity index is 1.82. The second kappa shape index (κ2) is 6.48. The van der Waals surface area contributed by atoms with Crippen LogP contribution in [-0.2, 0) is 0 Å². The van der Waals surface area contributed by atoms with E-state index in [1.807, 2.05) is 18.2 Å². The van der Waals surface area contributed by atoms with Crippen LogP contribution in [0.25, 0.3) is 10.9 Å². The minimum Gasteiger partial charge on any atom is -0.395 e. The summed E-state index contributed by atoms with van der Waals surface area (Å²) in [6.45, 7) is 4.72. The lowest BCUT2D eigenvalue weighted by Gasteiger charge is -2.35. The Hall–Kier alpha value is -0.880. The van der Waals surface area contributed by atoms with Crippen molar-refractivity contribution in [3.05, 3.63) is 33.8 Å². The van der Waals surface area contributed by atoms with Gasteiger partial charge in [-0.1, -0.05) is 27.5 Å². The van der Waals surface area contributed by atoms with Gasteiger partial charge >= 0.3 is 0 Å². The molecule has 0 spiro atoms. The topological polar surface area (TPSA) is 39.6 Å². The van der Waals surface area contributed by atoms with Gasteiger partial charge in [0, 0.05) is 42.6 Å². The van der Waals surface area contributed by atoms with Gasteiger partial charge in [0.15, 0.2) is 0 Å². The summed E-state index contributed by atoms with van der Waals surface area (Å²) in [6, 6.07) is 8.01. The van der Waals surface area contributed by atoms with E-state index in [1.165, 1.54) is 0 Å². The standard InChI is InChI=1S/C15H17BrClN3O/c16-12-9-11-1-2-14(18-15(11)13(17)10-12)20-5-3-19(4-6-20)7-8-21/h1-2,9-10,21H,3-8H2. The Morgan fingerprint density at radius 3 is 2.67 bits per heavy atom. The van der Waals surface area contributed by atoms with Gasteiger partial charge in [0.1, 0.15) is 5.82 Å². The van der Waals surface area contributed by atoms with Crippen molar-refractivity contribution in [2.45, 2.75) is 0 Å². The summed E-state index contributed by atoms with van der Waals surface area (Å²) in [5, 5.41) is 10.7. The van der Waals surface area contributed by atoms with Crippen LogP contribution in [0.15, 0.2) is 28.7 Å². The molecule has 0 amide bonds. The maximum absolute atomic E-state index is 8.99. The van der Waals surface area contributed by atoms with E-state index in [4.69, 9.17) is 21.7 Å². The largest absolute Gasteiger partial charge is 0.395 e. The van der Waals surface area contributed by atoms with Crippen molar-refractivity contribution in [3.8, 4) is 0 Å². The van der Waals surface area contributed by atoms with Crippen molar-refractivity contribution in [2.24, 2.45) is 0 Å². The predicted molar refractivity (Wildman–Crippen MR) is 90.2 cm³/mol. The van der Waals surface area contributed by atoms with Gasteiger partial charge in [-0.3, -0.25) is 4.90 Å². The zero-order valence-electron chi connectivity index (χ0n) is 11.6. The average Bonchev–Trinajstić information content (AvgIpc) is 2.48. The van der Waals surface area contributed by atoms with Gasteiger partial charge in [0.2, 0.25) is 0 Å². The van der Waals surface area contributed by atoms with Crippen LogP contribution in [0.3, 0.4) is 0 Å². The Morgan fingerprint density at radius 1 is 1.19 bits per heavy atom. The molecule has 0 unspecified atom stereocenters. The first-order valence-electron chi connectivity index (χ1n) is 7.01. The van der Waals surface area contributed by atoms with Crippen molar-refractivity contribution >= 4 is 44.3 Å². The number of benzene rings is 1. The number of piperazine rings is 1. The van der Waals surface area contributed by atoms with Gasteiger partial charge in [0.05, 0.1) is 17.1 Å². The normalized spacial score (nSPS) is 16.6. The average molecular weight is 371 g/mol. The van der Waals surface area contributed by atoms with Crippen molar-refractivity contribution in [2.75, 3.05) is 44.2 Å². The number of aromatic nitrogens is 1. The molecule has 6 heteroatoms. The van der Waals surface area contributed by atoms with E-state index < -0.39 is 0 Å². The zero-order valence-corrected chi connectivity index (χ0v) is 13.9. The molecule has 1 fully saturated rings. The Morgan fingerprint density at radius 2 is 1.95 bits per heavy atom. The highest BCUT2D eigenvalue weighted by Gasteiger charge is 2.18. The predicted octanol–water partition coefficient (Wildman–Crippen LogP) is 2.77. The zero-order chi connectivity index (χ0) is 14.8. The van der Waals surface area contributed by atoms with E-state index in [0.29, 0.717) is 5.02 Å². The third-order valence-corrected chi connectivity index (χ3v) is 4.55. The summed E-state index contributed by atoms with van der Waals surface area (Å²) >= 11 is 9.74. The van der Waals surface area contributed by atoms with Gasteiger partial charge < -0.3 is 10.0 Å². The smallest absolute Gasteiger partial charge is 0.129 e. The van der Waals surface area contributed by atoms with E-state index in [1.54, 1.807) is 0 Å². The van der Waals surface area contributed by atoms with Crippen LogP contribution in [0.1, 0.15) is 0 Å². The molecule has 2 aromatic rings. The third kappa shape index (κ3) is 3.31. The molecule has 1 aliphatic heterocycles. The fraction of sp³-hybridized carbons (Fsp3) is 0.400. The summed E-state index contributed by atoms with van der Waals surface area (Å²) in [4.78, 5) is 9.25. The van der Waals surface area contributed by atoms with Crippen molar-refractivity contribution in [1.29, 1.82) is 0 Å². The SMILES string of the molecule is OCCN1CCN(c2ccc3cc(Br)cc(Cl)c3n2)CC1. The fourth-order valence-corrected chi connectivity index (χ4v) is 3.54. The second-order valence-electron chi connectivity index (χ2n) is 5.18. The summed E-state index contributed by atoms with van der Waals surface area (Å²) in [7, 11) is 0. The maximum Gasteiger partial charge on any atom is 0.129 e. The monoisotopic (exact) mass is 369 g/mol. The number of aliphatic hydroxyl groups is 1. The van der Waals surface area contributed by atoms with Crippen molar-refractivity contribution in [1.82, 2.24) is 9.88 Å². The molecular weight excluding hydrogens is 354 g/mol.